The Hall–Kier alpha value is -0.0400. The second-order valence-corrected chi connectivity index (χ2v) is 6.12. The molecule has 1 nitrogen and oxygen atoms in total. The van der Waals surface area contributed by atoms with E-state index in [4.69, 9.17) is 0 Å². The minimum atomic E-state index is 0.500. The Kier molecular flexibility index (Phi) is 3.12. The summed E-state index contributed by atoms with van der Waals surface area (Å²) in [4.78, 5) is 0. The molecule has 0 amide bonds. The maximum Gasteiger partial charge on any atom is 0.0216 e. The molecule has 0 aliphatic carbocycles. The lowest BCUT2D eigenvalue weighted by Crippen LogP contribution is -2.46. The summed E-state index contributed by atoms with van der Waals surface area (Å²) in [6.07, 6.45) is 11.3. The molecule has 2 aliphatic rings. The second-order valence-electron chi connectivity index (χ2n) is 6.12. The minimum Gasteiger partial charge on any atom is -0.306 e. The molecule has 2 fully saturated rings. The average Bonchev–Trinajstić information content (AvgIpc) is 2.72. The Balaban J connectivity index is 2.07. The van der Waals surface area contributed by atoms with Gasteiger partial charge in [-0.1, -0.05) is 26.7 Å². The van der Waals surface area contributed by atoms with Crippen LogP contribution in [0.25, 0.3) is 0 Å². The van der Waals surface area contributed by atoms with Gasteiger partial charge in [0.05, 0.1) is 0 Å². The van der Waals surface area contributed by atoms with Gasteiger partial charge < -0.3 is 5.32 Å². The molecule has 1 N–H and O–H groups in total. The van der Waals surface area contributed by atoms with Gasteiger partial charge in [0.15, 0.2) is 0 Å². The van der Waals surface area contributed by atoms with Gasteiger partial charge in [0.1, 0.15) is 0 Å². The zero-order chi connectivity index (χ0) is 10.9. The van der Waals surface area contributed by atoms with Gasteiger partial charge in [0.2, 0.25) is 0 Å². The Morgan fingerprint density at radius 1 is 1.00 bits per heavy atom. The van der Waals surface area contributed by atoms with Gasteiger partial charge in [-0.15, -0.1) is 0 Å². The molecule has 0 aromatic carbocycles. The first-order chi connectivity index (χ1) is 7.14. The van der Waals surface area contributed by atoms with Crippen LogP contribution in [-0.4, -0.2) is 11.1 Å². The van der Waals surface area contributed by atoms with E-state index in [0.29, 0.717) is 11.1 Å². The van der Waals surface area contributed by atoms with Gasteiger partial charge in [0, 0.05) is 11.1 Å². The van der Waals surface area contributed by atoms with Crippen molar-refractivity contribution in [3.8, 4) is 0 Å². The molecule has 2 bridgehead atoms. The molecule has 0 atom stereocenters. The fourth-order valence-electron chi connectivity index (χ4n) is 4.00. The highest BCUT2D eigenvalue weighted by Gasteiger charge is 2.53. The van der Waals surface area contributed by atoms with E-state index in [0.717, 1.165) is 5.92 Å². The van der Waals surface area contributed by atoms with Crippen LogP contribution < -0.4 is 5.32 Å². The van der Waals surface area contributed by atoms with E-state index in [1.807, 2.05) is 0 Å². The summed E-state index contributed by atoms with van der Waals surface area (Å²) in [7, 11) is 0. The van der Waals surface area contributed by atoms with Gasteiger partial charge in [-0.3, -0.25) is 0 Å². The summed E-state index contributed by atoms with van der Waals surface area (Å²) < 4.78 is 0. The number of fused-ring (bicyclic) bond motifs is 2. The van der Waals surface area contributed by atoms with E-state index in [1.54, 1.807) is 0 Å². The topological polar surface area (TPSA) is 12.0 Å². The van der Waals surface area contributed by atoms with Gasteiger partial charge in [-0.2, -0.15) is 0 Å². The molecular formula is C14H27N. The highest BCUT2D eigenvalue weighted by atomic mass is 15.1. The van der Waals surface area contributed by atoms with Crippen molar-refractivity contribution in [1.29, 1.82) is 0 Å². The van der Waals surface area contributed by atoms with Crippen LogP contribution in [0.15, 0.2) is 0 Å². The van der Waals surface area contributed by atoms with Crippen molar-refractivity contribution < 1.29 is 0 Å². The Labute approximate surface area is 95.0 Å². The summed E-state index contributed by atoms with van der Waals surface area (Å²) in [6, 6.07) is 0. The average molecular weight is 209 g/mol. The SMILES string of the molecule is CCCC(CCC)C12CCC(C)(CC1)N2. The summed E-state index contributed by atoms with van der Waals surface area (Å²) >= 11 is 0. The zero-order valence-corrected chi connectivity index (χ0v) is 10.7. The number of nitrogens with one attached hydrogen (secondary N) is 1. The fraction of sp³-hybridized carbons (Fsp3) is 1.00. The molecule has 0 aromatic rings. The van der Waals surface area contributed by atoms with Crippen LogP contribution in [0.5, 0.6) is 0 Å². The molecule has 0 spiro atoms. The number of hydrogen-bond acceptors (Lipinski definition) is 1. The molecule has 1 heteroatoms. The lowest BCUT2D eigenvalue weighted by molar-refractivity contribution is 0.214. The normalized spacial score (nSPS) is 39.2. The fourth-order valence-corrected chi connectivity index (χ4v) is 4.00. The number of hydrogen-bond donors (Lipinski definition) is 1. The van der Waals surface area contributed by atoms with Crippen molar-refractivity contribution in [2.45, 2.75) is 83.2 Å². The van der Waals surface area contributed by atoms with Crippen LogP contribution in [-0.2, 0) is 0 Å². The van der Waals surface area contributed by atoms with E-state index >= 15 is 0 Å². The first-order valence-corrected chi connectivity index (χ1v) is 6.93. The number of rotatable bonds is 5. The quantitative estimate of drug-likeness (QED) is 0.724. The molecule has 0 unspecified atom stereocenters. The van der Waals surface area contributed by atoms with Gasteiger partial charge >= 0.3 is 0 Å². The van der Waals surface area contributed by atoms with E-state index < -0.39 is 0 Å². The molecule has 2 aliphatic heterocycles. The van der Waals surface area contributed by atoms with Crippen LogP contribution in [0.3, 0.4) is 0 Å². The van der Waals surface area contributed by atoms with Crippen LogP contribution in [0.4, 0.5) is 0 Å². The predicted octanol–water partition coefficient (Wildman–Crippen LogP) is 3.88. The molecule has 2 saturated heterocycles. The Morgan fingerprint density at radius 3 is 1.87 bits per heavy atom. The molecule has 0 aromatic heterocycles. The zero-order valence-electron chi connectivity index (χ0n) is 10.7. The third kappa shape index (κ3) is 1.95. The van der Waals surface area contributed by atoms with Crippen molar-refractivity contribution in [2.24, 2.45) is 5.92 Å². The van der Waals surface area contributed by atoms with Crippen LogP contribution in [0.1, 0.15) is 72.1 Å². The van der Waals surface area contributed by atoms with Crippen LogP contribution >= 0.6 is 0 Å². The molecule has 0 saturated carbocycles. The van der Waals surface area contributed by atoms with E-state index in [9.17, 15) is 0 Å². The predicted molar refractivity (Wildman–Crippen MR) is 66.0 cm³/mol. The molecular weight excluding hydrogens is 182 g/mol. The molecule has 15 heavy (non-hydrogen) atoms. The van der Waals surface area contributed by atoms with Crippen molar-refractivity contribution in [2.75, 3.05) is 0 Å². The smallest absolute Gasteiger partial charge is 0.0216 e. The Morgan fingerprint density at radius 2 is 1.53 bits per heavy atom. The Bertz CT molecular complexity index is 207. The largest absolute Gasteiger partial charge is 0.306 e. The third-order valence-electron chi connectivity index (χ3n) is 4.85. The van der Waals surface area contributed by atoms with Crippen molar-refractivity contribution >= 4 is 0 Å². The third-order valence-corrected chi connectivity index (χ3v) is 4.85. The van der Waals surface area contributed by atoms with E-state index in [-0.39, 0.29) is 0 Å². The van der Waals surface area contributed by atoms with Gasteiger partial charge in [-0.25, -0.2) is 0 Å². The monoisotopic (exact) mass is 209 g/mol. The van der Waals surface area contributed by atoms with Crippen LogP contribution in [0.2, 0.25) is 0 Å². The molecule has 2 heterocycles. The summed E-state index contributed by atoms with van der Waals surface area (Å²) in [5.74, 6) is 0.942. The molecule has 0 radical (unpaired) electrons. The first-order valence-electron chi connectivity index (χ1n) is 6.93. The van der Waals surface area contributed by atoms with E-state index in [1.165, 1.54) is 51.4 Å². The standard InChI is InChI=1S/C14H27N/c1-4-6-12(7-5-2)14-10-8-13(3,15-14)9-11-14/h12,15H,4-11H2,1-3H3. The van der Waals surface area contributed by atoms with Gasteiger partial charge in [-0.05, 0) is 51.4 Å². The lowest BCUT2D eigenvalue weighted by Gasteiger charge is -2.35. The highest BCUT2D eigenvalue weighted by molar-refractivity contribution is 5.13. The van der Waals surface area contributed by atoms with Crippen molar-refractivity contribution in [3.63, 3.8) is 0 Å². The summed E-state index contributed by atoms with van der Waals surface area (Å²) in [6.45, 7) is 7.10. The van der Waals surface area contributed by atoms with Crippen LogP contribution in [0, 0.1) is 5.92 Å². The summed E-state index contributed by atoms with van der Waals surface area (Å²) in [5, 5.41) is 3.99. The second kappa shape index (κ2) is 4.08. The van der Waals surface area contributed by atoms with E-state index in [2.05, 4.69) is 26.1 Å². The lowest BCUT2D eigenvalue weighted by atomic mass is 9.72. The molecule has 88 valence electrons. The highest BCUT2D eigenvalue weighted by Crippen LogP contribution is 2.50. The van der Waals surface area contributed by atoms with Gasteiger partial charge in [0.25, 0.3) is 0 Å². The minimum absolute atomic E-state index is 0.500. The summed E-state index contributed by atoms with van der Waals surface area (Å²) in [5.41, 5.74) is 1.04. The molecule has 2 rings (SSSR count). The van der Waals surface area contributed by atoms with Crippen molar-refractivity contribution in [3.05, 3.63) is 0 Å². The maximum absolute atomic E-state index is 3.99. The van der Waals surface area contributed by atoms with Crippen molar-refractivity contribution in [1.82, 2.24) is 5.32 Å². The maximum atomic E-state index is 3.99. The first kappa shape index (κ1) is 11.4.